The Labute approximate surface area is 181 Å². The minimum Gasteiger partial charge on any atom is -0.493 e. The van der Waals surface area contributed by atoms with Crippen molar-refractivity contribution in [3.63, 3.8) is 0 Å². The molecule has 1 N–H and O–H groups in total. The van der Waals surface area contributed by atoms with Gasteiger partial charge in [0.2, 0.25) is 10.9 Å². The van der Waals surface area contributed by atoms with Gasteiger partial charge < -0.3 is 14.8 Å². The van der Waals surface area contributed by atoms with Crippen LogP contribution in [-0.2, 0) is 11.2 Å². The van der Waals surface area contributed by atoms with E-state index in [4.69, 9.17) is 9.47 Å². The van der Waals surface area contributed by atoms with Crippen LogP contribution in [0.3, 0.4) is 0 Å². The smallest absolute Gasteiger partial charge is 0.244 e. The summed E-state index contributed by atoms with van der Waals surface area (Å²) in [4.78, 5) is 18.6. The molecule has 0 bridgehead atoms. The second-order valence-corrected chi connectivity index (χ2v) is 8.11. The van der Waals surface area contributed by atoms with E-state index >= 15 is 0 Å². The van der Waals surface area contributed by atoms with Gasteiger partial charge in [0.05, 0.1) is 24.8 Å². The van der Waals surface area contributed by atoms with Gasteiger partial charge in [0.1, 0.15) is 0 Å². The van der Waals surface area contributed by atoms with Gasteiger partial charge in [-0.3, -0.25) is 4.79 Å². The number of hydrogen-bond acceptors (Lipinski definition) is 7. The Morgan fingerprint density at radius 1 is 1.20 bits per heavy atom. The van der Waals surface area contributed by atoms with Gasteiger partial charge in [-0.05, 0) is 35.2 Å². The summed E-state index contributed by atoms with van der Waals surface area (Å²) in [6.45, 7) is 0.509. The highest BCUT2D eigenvalue weighted by Crippen LogP contribution is 2.28. The normalized spacial score (nSPS) is 11.3. The Kier molecular flexibility index (Phi) is 6.10. The maximum atomic E-state index is 12.2. The molecule has 0 aliphatic rings. The number of nitrogens with one attached hydrogen (secondary N) is 1. The number of fused-ring (bicyclic) bond motifs is 1. The largest absolute Gasteiger partial charge is 0.493 e. The summed E-state index contributed by atoms with van der Waals surface area (Å²) in [5, 5.41) is 11.5. The molecule has 1 aromatic carbocycles. The maximum absolute atomic E-state index is 12.2. The third-order valence-corrected chi connectivity index (χ3v) is 6.14. The van der Waals surface area contributed by atoms with Crippen LogP contribution in [-0.4, -0.2) is 41.3 Å². The molecule has 0 radical (unpaired) electrons. The van der Waals surface area contributed by atoms with E-state index in [-0.39, 0.29) is 5.91 Å². The third kappa shape index (κ3) is 4.37. The molecule has 30 heavy (non-hydrogen) atoms. The fourth-order valence-corrected chi connectivity index (χ4v) is 4.42. The summed E-state index contributed by atoms with van der Waals surface area (Å²) in [7, 11) is 3.17. The number of carbonyl (C=O) groups is 1. The van der Waals surface area contributed by atoms with Crippen molar-refractivity contribution in [2.75, 3.05) is 20.8 Å². The number of methoxy groups -OCH3 is 2. The highest BCUT2D eigenvalue weighted by atomic mass is 32.1. The van der Waals surface area contributed by atoms with Crippen molar-refractivity contribution in [2.24, 2.45) is 0 Å². The van der Waals surface area contributed by atoms with Crippen LogP contribution in [0.15, 0.2) is 47.2 Å². The molecule has 0 saturated heterocycles. The van der Waals surface area contributed by atoms with Crippen molar-refractivity contribution in [1.29, 1.82) is 0 Å². The molecule has 4 aromatic rings. The Balaban J connectivity index is 1.34. The third-order valence-electron chi connectivity index (χ3n) is 4.41. The van der Waals surface area contributed by atoms with Gasteiger partial charge in [-0.2, -0.15) is 4.98 Å². The molecular weight excluding hydrogens is 420 g/mol. The van der Waals surface area contributed by atoms with E-state index in [0.29, 0.717) is 24.5 Å². The number of carbonyl (C=O) groups excluding carboxylic acids is 1. The molecule has 0 saturated carbocycles. The van der Waals surface area contributed by atoms with Crippen LogP contribution in [0, 0.1) is 0 Å². The predicted octanol–water partition coefficient (Wildman–Crippen LogP) is 3.91. The summed E-state index contributed by atoms with van der Waals surface area (Å²) in [6, 6.07) is 9.49. The van der Waals surface area contributed by atoms with Crippen molar-refractivity contribution in [3.8, 4) is 22.2 Å². The van der Waals surface area contributed by atoms with E-state index in [2.05, 4.69) is 15.4 Å². The number of amides is 1. The predicted molar refractivity (Wildman–Crippen MR) is 119 cm³/mol. The SMILES string of the molecule is COc1ccc(/C=C/C(=O)NCCc2csc3nc(-c4cccs4)nn23)cc1OC. The van der Waals surface area contributed by atoms with Crippen LogP contribution >= 0.6 is 22.7 Å². The van der Waals surface area contributed by atoms with Crippen LogP contribution < -0.4 is 14.8 Å². The molecule has 0 spiro atoms. The van der Waals surface area contributed by atoms with E-state index < -0.39 is 0 Å². The Morgan fingerprint density at radius 2 is 2.07 bits per heavy atom. The van der Waals surface area contributed by atoms with Crippen LogP contribution in [0.5, 0.6) is 11.5 Å². The number of rotatable bonds is 8. The van der Waals surface area contributed by atoms with Gasteiger partial charge in [0.25, 0.3) is 0 Å². The number of hydrogen-bond donors (Lipinski definition) is 1. The molecule has 0 aliphatic heterocycles. The first-order valence-corrected chi connectivity index (χ1v) is 11.0. The summed E-state index contributed by atoms with van der Waals surface area (Å²) in [6.07, 6.45) is 3.92. The Hall–Kier alpha value is -3.17. The van der Waals surface area contributed by atoms with Crippen LogP contribution in [0.1, 0.15) is 11.3 Å². The zero-order valence-corrected chi connectivity index (χ0v) is 18.1. The second kappa shape index (κ2) is 9.10. The maximum Gasteiger partial charge on any atom is 0.244 e. The summed E-state index contributed by atoms with van der Waals surface area (Å²) in [5.74, 6) is 1.85. The molecule has 4 rings (SSSR count). The molecule has 3 heterocycles. The summed E-state index contributed by atoms with van der Waals surface area (Å²) >= 11 is 3.17. The number of ether oxygens (including phenoxy) is 2. The number of benzene rings is 1. The van der Waals surface area contributed by atoms with E-state index in [1.165, 1.54) is 6.08 Å². The minimum atomic E-state index is -0.158. The van der Waals surface area contributed by atoms with Gasteiger partial charge in [0, 0.05) is 24.4 Å². The van der Waals surface area contributed by atoms with E-state index in [1.807, 2.05) is 39.5 Å². The van der Waals surface area contributed by atoms with Gasteiger partial charge in [-0.15, -0.1) is 27.8 Å². The molecule has 1 amide bonds. The lowest BCUT2D eigenvalue weighted by Gasteiger charge is -2.07. The molecular formula is C21H20N4O3S2. The van der Waals surface area contributed by atoms with Gasteiger partial charge in [-0.1, -0.05) is 12.1 Å². The lowest BCUT2D eigenvalue weighted by Crippen LogP contribution is -2.23. The van der Waals surface area contributed by atoms with E-state index in [9.17, 15) is 4.79 Å². The number of nitrogens with zero attached hydrogens (tertiary/aromatic N) is 3. The Morgan fingerprint density at radius 3 is 2.83 bits per heavy atom. The van der Waals surface area contributed by atoms with Crippen LogP contribution in [0.25, 0.3) is 21.7 Å². The summed E-state index contributed by atoms with van der Waals surface area (Å²) < 4.78 is 12.4. The first kappa shape index (κ1) is 20.1. The standard InChI is InChI=1S/C21H20N4O3S2/c1-27-16-7-5-14(12-17(16)28-2)6-8-19(26)22-10-9-15-13-30-21-23-20(24-25(15)21)18-4-3-11-29-18/h3-8,11-13H,9-10H2,1-2H3,(H,22,26)/b8-6+. The fraction of sp³-hybridized carbons (Fsp3) is 0.190. The lowest BCUT2D eigenvalue weighted by atomic mass is 10.2. The minimum absolute atomic E-state index is 0.158. The van der Waals surface area contributed by atoms with Crippen molar-refractivity contribution < 1.29 is 14.3 Å². The van der Waals surface area contributed by atoms with Crippen molar-refractivity contribution >= 4 is 39.6 Å². The highest BCUT2D eigenvalue weighted by molar-refractivity contribution is 7.15. The van der Waals surface area contributed by atoms with Crippen molar-refractivity contribution in [1.82, 2.24) is 19.9 Å². The first-order valence-electron chi connectivity index (χ1n) is 9.23. The van der Waals surface area contributed by atoms with E-state index in [1.54, 1.807) is 49.0 Å². The second-order valence-electron chi connectivity index (χ2n) is 6.32. The number of thiazole rings is 1. The van der Waals surface area contributed by atoms with Gasteiger partial charge in [0.15, 0.2) is 17.3 Å². The topological polar surface area (TPSA) is 77.8 Å². The molecule has 7 nitrogen and oxygen atoms in total. The van der Waals surface area contributed by atoms with Crippen LogP contribution in [0.4, 0.5) is 0 Å². The Bertz CT molecular complexity index is 1180. The van der Waals surface area contributed by atoms with Gasteiger partial charge >= 0.3 is 0 Å². The van der Waals surface area contributed by atoms with Crippen molar-refractivity contribution in [2.45, 2.75) is 6.42 Å². The highest BCUT2D eigenvalue weighted by Gasteiger charge is 2.12. The molecule has 154 valence electrons. The molecule has 0 unspecified atom stereocenters. The molecule has 0 aliphatic carbocycles. The van der Waals surface area contributed by atoms with Crippen molar-refractivity contribution in [3.05, 3.63) is 58.4 Å². The summed E-state index contributed by atoms with van der Waals surface area (Å²) in [5.41, 5.74) is 1.88. The monoisotopic (exact) mass is 440 g/mol. The number of aromatic nitrogens is 3. The lowest BCUT2D eigenvalue weighted by molar-refractivity contribution is -0.116. The molecule has 0 fully saturated rings. The number of thiophene rings is 1. The van der Waals surface area contributed by atoms with E-state index in [0.717, 1.165) is 26.9 Å². The first-order chi connectivity index (χ1) is 14.7. The zero-order chi connectivity index (χ0) is 20.9. The molecule has 0 atom stereocenters. The average Bonchev–Trinajstić information content (AvgIpc) is 3.50. The molecule has 9 heteroatoms. The van der Waals surface area contributed by atoms with Crippen LogP contribution in [0.2, 0.25) is 0 Å². The van der Waals surface area contributed by atoms with Gasteiger partial charge in [-0.25, -0.2) is 4.52 Å². The average molecular weight is 441 g/mol. The fourth-order valence-electron chi connectivity index (χ4n) is 2.91. The quantitative estimate of drug-likeness (QED) is 0.421. The zero-order valence-electron chi connectivity index (χ0n) is 16.5. The molecule has 3 aromatic heterocycles.